The third kappa shape index (κ3) is 6.75. The molecule has 6 nitrogen and oxygen atoms in total. The Morgan fingerprint density at radius 3 is 2.70 bits per heavy atom. The Bertz CT molecular complexity index is 323. The Kier molecular flexibility index (Phi) is 7.36. The van der Waals surface area contributed by atoms with Crippen molar-refractivity contribution < 1.29 is 14.7 Å². The van der Waals surface area contributed by atoms with Gasteiger partial charge < -0.3 is 20.2 Å². The molecule has 0 spiro atoms. The summed E-state index contributed by atoms with van der Waals surface area (Å²) in [4.78, 5) is 26.2. The second-order valence-corrected chi connectivity index (χ2v) is 5.73. The van der Waals surface area contributed by atoms with Crippen LogP contribution in [0.1, 0.15) is 32.1 Å². The molecule has 0 aromatic heterocycles. The normalized spacial score (nSPS) is 19.0. The SMILES string of the molecule is CN1CCC(CN(C)C(=O)NCCCCCC(=O)O)C1. The molecule has 20 heavy (non-hydrogen) atoms. The largest absolute Gasteiger partial charge is 0.481 e. The highest BCUT2D eigenvalue weighted by molar-refractivity contribution is 5.73. The van der Waals surface area contributed by atoms with Gasteiger partial charge in [-0.15, -0.1) is 0 Å². The number of nitrogens with zero attached hydrogens (tertiary/aromatic N) is 2. The molecule has 0 radical (unpaired) electrons. The zero-order valence-corrected chi connectivity index (χ0v) is 12.6. The summed E-state index contributed by atoms with van der Waals surface area (Å²) < 4.78 is 0. The Morgan fingerprint density at radius 1 is 1.35 bits per heavy atom. The number of carbonyl (C=O) groups is 2. The summed E-state index contributed by atoms with van der Waals surface area (Å²) in [5.74, 6) is -0.179. The van der Waals surface area contributed by atoms with E-state index in [9.17, 15) is 9.59 Å². The fourth-order valence-corrected chi connectivity index (χ4v) is 2.55. The van der Waals surface area contributed by atoms with E-state index >= 15 is 0 Å². The van der Waals surface area contributed by atoms with Crippen LogP contribution < -0.4 is 5.32 Å². The number of carbonyl (C=O) groups excluding carboxylic acids is 1. The molecule has 1 atom stereocenters. The van der Waals surface area contributed by atoms with Crippen molar-refractivity contribution >= 4 is 12.0 Å². The molecule has 1 aliphatic heterocycles. The van der Waals surface area contributed by atoms with Gasteiger partial charge in [0.2, 0.25) is 0 Å². The highest BCUT2D eigenvalue weighted by Crippen LogP contribution is 2.14. The van der Waals surface area contributed by atoms with E-state index in [1.165, 1.54) is 0 Å². The van der Waals surface area contributed by atoms with Crippen molar-refractivity contribution in [2.45, 2.75) is 32.1 Å². The molecular weight excluding hydrogens is 258 g/mol. The molecule has 1 heterocycles. The van der Waals surface area contributed by atoms with Gasteiger partial charge in [0, 0.05) is 33.1 Å². The third-order valence-corrected chi connectivity index (χ3v) is 3.71. The molecule has 0 aromatic rings. The van der Waals surface area contributed by atoms with Crippen LogP contribution in [0.25, 0.3) is 0 Å². The van der Waals surface area contributed by atoms with Crippen molar-refractivity contribution in [1.29, 1.82) is 0 Å². The number of urea groups is 1. The van der Waals surface area contributed by atoms with Gasteiger partial charge in [0.05, 0.1) is 0 Å². The van der Waals surface area contributed by atoms with Gasteiger partial charge in [-0.2, -0.15) is 0 Å². The number of likely N-dealkylation sites (tertiary alicyclic amines) is 1. The molecule has 0 bridgehead atoms. The number of nitrogens with one attached hydrogen (secondary N) is 1. The standard InChI is InChI=1S/C14H27N3O3/c1-16-9-7-12(10-16)11-17(2)14(20)15-8-5-3-4-6-13(18)19/h12H,3-11H2,1-2H3,(H,15,20)(H,18,19). The van der Waals surface area contributed by atoms with Crippen LogP contribution in [-0.4, -0.2) is 67.2 Å². The topological polar surface area (TPSA) is 72.9 Å². The van der Waals surface area contributed by atoms with E-state index in [0.717, 1.165) is 38.9 Å². The second-order valence-electron chi connectivity index (χ2n) is 5.73. The van der Waals surface area contributed by atoms with Gasteiger partial charge in [0.25, 0.3) is 0 Å². The quantitative estimate of drug-likeness (QED) is 0.658. The van der Waals surface area contributed by atoms with Gasteiger partial charge >= 0.3 is 12.0 Å². The van der Waals surface area contributed by atoms with Crippen LogP contribution in [0.2, 0.25) is 0 Å². The van der Waals surface area contributed by atoms with Gasteiger partial charge in [-0.3, -0.25) is 4.79 Å². The zero-order valence-electron chi connectivity index (χ0n) is 12.6. The van der Waals surface area contributed by atoms with Crippen molar-refractivity contribution in [1.82, 2.24) is 15.1 Å². The van der Waals surface area contributed by atoms with E-state index in [1.807, 2.05) is 7.05 Å². The fraction of sp³-hybridized carbons (Fsp3) is 0.857. The first-order chi connectivity index (χ1) is 9.49. The number of hydrogen-bond donors (Lipinski definition) is 2. The van der Waals surface area contributed by atoms with Crippen molar-refractivity contribution in [2.24, 2.45) is 5.92 Å². The highest BCUT2D eigenvalue weighted by Gasteiger charge is 2.22. The van der Waals surface area contributed by atoms with Gasteiger partial charge in [0.15, 0.2) is 0 Å². The average Bonchev–Trinajstić information content (AvgIpc) is 2.78. The minimum atomic E-state index is -0.754. The summed E-state index contributed by atoms with van der Waals surface area (Å²) in [6, 6.07) is -0.0298. The van der Waals surface area contributed by atoms with E-state index in [1.54, 1.807) is 4.90 Å². The van der Waals surface area contributed by atoms with Crippen LogP contribution in [-0.2, 0) is 4.79 Å². The van der Waals surface area contributed by atoms with Gasteiger partial charge in [-0.05, 0) is 38.8 Å². The molecule has 2 amide bonds. The molecular formula is C14H27N3O3. The van der Waals surface area contributed by atoms with Crippen molar-refractivity contribution in [3.63, 3.8) is 0 Å². The molecule has 1 fully saturated rings. The van der Waals surface area contributed by atoms with Crippen LogP contribution >= 0.6 is 0 Å². The Labute approximate surface area is 121 Å². The minimum Gasteiger partial charge on any atom is -0.481 e. The Morgan fingerprint density at radius 2 is 2.10 bits per heavy atom. The summed E-state index contributed by atoms with van der Waals surface area (Å²) in [6.45, 7) is 3.60. The number of rotatable bonds is 8. The van der Waals surface area contributed by atoms with Crippen molar-refractivity contribution in [3.8, 4) is 0 Å². The van der Waals surface area contributed by atoms with E-state index < -0.39 is 5.97 Å². The molecule has 116 valence electrons. The monoisotopic (exact) mass is 285 g/mol. The van der Waals surface area contributed by atoms with Crippen molar-refractivity contribution in [2.75, 3.05) is 40.3 Å². The summed E-state index contributed by atoms with van der Waals surface area (Å²) in [7, 11) is 3.94. The summed E-state index contributed by atoms with van der Waals surface area (Å²) in [6.07, 6.45) is 3.71. The molecule has 0 aliphatic carbocycles. The minimum absolute atomic E-state index is 0.0298. The van der Waals surface area contributed by atoms with Crippen LogP contribution in [0.15, 0.2) is 0 Å². The predicted octanol–water partition coefficient (Wildman–Crippen LogP) is 1.22. The number of carboxylic acids is 1. The lowest BCUT2D eigenvalue weighted by Crippen LogP contribution is -2.40. The second kappa shape index (κ2) is 8.79. The first-order valence-electron chi connectivity index (χ1n) is 7.38. The number of carboxylic acid groups (broad SMARTS) is 1. The first-order valence-corrected chi connectivity index (χ1v) is 7.38. The van der Waals surface area contributed by atoms with Gasteiger partial charge in [-0.1, -0.05) is 6.42 Å². The zero-order chi connectivity index (χ0) is 15.0. The van der Waals surface area contributed by atoms with E-state index in [4.69, 9.17) is 5.11 Å². The lowest BCUT2D eigenvalue weighted by Gasteiger charge is -2.21. The van der Waals surface area contributed by atoms with Gasteiger partial charge in [-0.25, -0.2) is 4.79 Å². The number of aliphatic carboxylic acids is 1. The lowest BCUT2D eigenvalue weighted by atomic mass is 10.1. The van der Waals surface area contributed by atoms with E-state index in [-0.39, 0.29) is 12.5 Å². The first kappa shape index (κ1) is 16.8. The number of unbranched alkanes of at least 4 members (excludes halogenated alkanes) is 2. The van der Waals surface area contributed by atoms with E-state index in [0.29, 0.717) is 18.9 Å². The van der Waals surface area contributed by atoms with Crippen LogP contribution in [0.4, 0.5) is 4.79 Å². The van der Waals surface area contributed by atoms with E-state index in [2.05, 4.69) is 17.3 Å². The number of amides is 2. The Hall–Kier alpha value is -1.30. The summed E-state index contributed by atoms with van der Waals surface area (Å²) >= 11 is 0. The highest BCUT2D eigenvalue weighted by atomic mass is 16.4. The van der Waals surface area contributed by atoms with Crippen LogP contribution in [0.5, 0.6) is 0 Å². The smallest absolute Gasteiger partial charge is 0.317 e. The molecule has 2 N–H and O–H groups in total. The lowest BCUT2D eigenvalue weighted by molar-refractivity contribution is -0.137. The average molecular weight is 285 g/mol. The summed E-state index contributed by atoms with van der Waals surface area (Å²) in [5, 5.41) is 11.4. The molecule has 1 rings (SSSR count). The fourth-order valence-electron chi connectivity index (χ4n) is 2.55. The molecule has 0 saturated carbocycles. The third-order valence-electron chi connectivity index (χ3n) is 3.71. The predicted molar refractivity (Wildman–Crippen MR) is 77.7 cm³/mol. The molecule has 0 aromatic carbocycles. The Balaban J connectivity index is 2.05. The molecule has 1 aliphatic rings. The molecule has 1 saturated heterocycles. The summed E-state index contributed by atoms with van der Waals surface area (Å²) in [5.41, 5.74) is 0. The maximum Gasteiger partial charge on any atom is 0.317 e. The number of hydrogen-bond acceptors (Lipinski definition) is 3. The van der Waals surface area contributed by atoms with Gasteiger partial charge in [0.1, 0.15) is 0 Å². The van der Waals surface area contributed by atoms with Crippen molar-refractivity contribution in [3.05, 3.63) is 0 Å². The maximum atomic E-state index is 11.9. The van der Waals surface area contributed by atoms with Crippen LogP contribution in [0, 0.1) is 5.92 Å². The molecule has 1 unspecified atom stereocenters. The van der Waals surface area contributed by atoms with Crippen LogP contribution in [0.3, 0.4) is 0 Å². The maximum absolute atomic E-state index is 11.9. The molecule has 6 heteroatoms.